The molecule has 4 heteroatoms. The topological polar surface area (TPSA) is 30.5 Å². The number of ether oxygens (including phenoxy) is 2. The molecule has 0 aliphatic carbocycles. The largest absolute Gasteiger partial charge is 0.492 e. The summed E-state index contributed by atoms with van der Waals surface area (Å²) in [6, 6.07) is 5.37. The van der Waals surface area contributed by atoms with E-state index < -0.39 is 0 Å². The van der Waals surface area contributed by atoms with Gasteiger partial charge < -0.3 is 14.8 Å². The summed E-state index contributed by atoms with van der Waals surface area (Å²) in [5.41, 5.74) is 0.616. The van der Waals surface area contributed by atoms with Crippen LogP contribution in [-0.4, -0.2) is 32.4 Å². The van der Waals surface area contributed by atoms with Gasteiger partial charge in [0.25, 0.3) is 0 Å². The molecule has 1 aliphatic heterocycles. The summed E-state index contributed by atoms with van der Waals surface area (Å²) in [7, 11) is 0. The van der Waals surface area contributed by atoms with Gasteiger partial charge in [-0.3, -0.25) is 0 Å². The summed E-state index contributed by atoms with van der Waals surface area (Å²) in [6.45, 7) is 4.83. The molecule has 100 valence electrons. The Morgan fingerprint density at radius 1 is 1.39 bits per heavy atom. The first-order valence-corrected chi connectivity index (χ1v) is 6.46. The first kappa shape index (κ1) is 13.3. The lowest BCUT2D eigenvalue weighted by Crippen LogP contribution is -2.37. The van der Waals surface area contributed by atoms with E-state index in [1.165, 1.54) is 6.07 Å². The highest BCUT2D eigenvalue weighted by Crippen LogP contribution is 2.15. The maximum absolute atomic E-state index is 13.1. The first-order valence-electron chi connectivity index (χ1n) is 6.46. The van der Waals surface area contributed by atoms with Gasteiger partial charge in [0.2, 0.25) is 0 Å². The van der Waals surface area contributed by atoms with Gasteiger partial charge in [0.1, 0.15) is 18.2 Å². The number of benzene rings is 1. The van der Waals surface area contributed by atoms with E-state index in [2.05, 4.69) is 5.32 Å². The molecule has 1 aromatic rings. The summed E-state index contributed by atoms with van der Waals surface area (Å²) in [5, 5.41) is 3.44. The van der Waals surface area contributed by atoms with E-state index in [4.69, 9.17) is 9.47 Å². The van der Waals surface area contributed by atoms with Crippen molar-refractivity contribution in [2.45, 2.75) is 25.8 Å². The number of hydrogen-bond donors (Lipinski definition) is 1. The van der Waals surface area contributed by atoms with E-state index in [0.29, 0.717) is 18.2 Å². The Kier molecular flexibility index (Phi) is 4.96. The lowest BCUT2D eigenvalue weighted by molar-refractivity contribution is 0.0770. The Morgan fingerprint density at radius 3 is 2.89 bits per heavy atom. The van der Waals surface area contributed by atoms with Crippen molar-refractivity contribution in [1.82, 2.24) is 5.32 Å². The summed E-state index contributed by atoms with van der Waals surface area (Å²) >= 11 is 0. The molecule has 0 atom stereocenters. The van der Waals surface area contributed by atoms with E-state index in [1.807, 2.05) is 0 Å². The molecule has 1 aliphatic rings. The van der Waals surface area contributed by atoms with E-state index in [0.717, 1.165) is 38.3 Å². The molecule has 0 bridgehead atoms. The second kappa shape index (κ2) is 6.71. The molecule has 0 saturated carbocycles. The van der Waals surface area contributed by atoms with Crippen LogP contribution >= 0.6 is 0 Å². The fourth-order valence-corrected chi connectivity index (χ4v) is 2.04. The molecule has 0 spiro atoms. The SMILES string of the molecule is Cc1cc(OCCNC2CCOCC2)ccc1F. The molecule has 3 nitrogen and oxygen atoms in total. The highest BCUT2D eigenvalue weighted by molar-refractivity contribution is 5.28. The number of nitrogens with one attached hydrogen (secondary N) is 1. The highest BCUT2D eigenvalue weighted by Gasteiger charge is 2.12. The molecule has 0 unspecified atom stereocenters. The Hall–Kier alpha value is -1.13. The van der Waals surface area contributed by atoms with Crippen LogP contribution in [0, 0.1) is 12.7 Å². The maximum atomic E-state index is 13.1. The molecule has 1 N–H and O–H groups in total. The van der Waals surface area contributed by atoms with Crippen molar-refractivity contribution < 1.29 is 13.9 Å². The molecule has 1 fully saturated rings. The zero-order chi connectivity index (χ0) is 12.8. The molecule has 18 heavy (non-hydrogen) atoms. The Labute approximate surface area is 107 Å². The van der Waals surface area contributed by atoms with E-state index in [1.54, 1.807) is 19.1 Å². The van der Waals surface area contributed by atoms with Gasteiger partial charge in [-0.25, -0.2) is 4.39 Å². The second-order valence-corrected chi connectivity index (χ2v) is 4.60. The van der Waals surface area contributed by atoms with E-state index >= 15 is 0 Å². The monoisotopic (exact) mass is 253 g/mol. The average Bonchev–Trinajstić information content (AvgIpc) is 2.40. The van der Waals surface area contributed by atoms with Crippen LogP contribution in [0.25, 0.3) is 0 Å². The Bertz CT molecular complexity index is 378. The second-order valence-electron chi connectivity index (χ2n) is 4.60. The van der Waals surface area contributed by atoms with Crippen molar-refractivity contribution >= 4 is 0 Å². The third-order valence-corrected chi connectivity index (χ3v) is 3.15. The molecule has 0 radical (unpaired) electrons. The van der Waals surface area contributed by atoms with Crippen molar-refractivity contribution in [1.29, 1.82) is 0 Å². The maximum Gasteiger partial charge on any atom is 0.126 e. The van der Waals surface area contributed by atoms with Crippen molar-refractivity contribution in [3.05, 3.63) is 29.6 Å². The van der Waals surface area contributed by atoms with Gasteiger partial charge >= 0.3 is 0 Å². The van der Waals surface area contributed by atoms with Gasteiger partial charge in [-0.05, 0) is 43.5 Å². The lowest BCUT2D eigenvalue weighted by atomic mass is 10.1. The smallest absolute Gasteiger partial charge is 0.126 e. The van der Waals surface area contributed by atoms with Gasteiger partial charge in [-0.2, -0.15) is 0 Å². The quantitative estimate of drug-likeness (QED) is 0.817. The Balaban J connectivity index is 1.66. The molecule has 1 aromatic carbocycles. The third-order valence-electron chi connectivity index (χ3n) is 3.15. The number of aryl methyl sites for hydroxylation is 1. The van der Waals surface area contributed by atoms with Crippen molar-refractivity contribution in [3.63, 3.8) is 0 Å². The standard InChI is InChI=1S/C14H20FNO2/c1-11-10-13(2-3-14(11)15)18-9-6-16-12-4-7-17-8-5-12/h2-3,10,12,16H,4-9H2,1H3. The molecule has 0 aromatic heterocycles. The van der Waals surface area contributed by atoms with E-state index in [-0.39, 0.29) is 5.82 Å². The van der Waals surface area contributed by atoms with Crippen LogP contribution in [0.2, 0.25) is 0 Å². The molecular weight excluding hydrogens is 233 g/mol. The minimum Gasteiger partial charge on any atom is -0.492 e. The predicted octanol–water partition coefficient (Wildman–Crippen LogP) is 2.28. The summed E-state index contributed by atoms with van der Waals surface area (Å²) < 4.78 is 23.9. The van der Waals surface area contributed by atoms with Crippen LogP contribution in [0.5, 0.6) is 5.75 Å². The minimum atomic E-state index is -0.192. The zero-order valence-corrected chi connectivity index (χ0v) is 10.7. The van der Waals surface area contributed by atoms with Crippen molar-refractivity contribution in [2.75, 3.05) is 26.4 Å². The third kappa shape index (κ3) is 3.96. The van der Waals surface area contributed by atoms with E-state index in [9.17, 15) is 4.39 Å². The van der Waals surface area contributed by atoms with Gasteiger partial charge in [0, 0.05) is 25.8 Å². The Morgan fingerprint density at radius 2 is 2.17 bits per heavy atom. The van der Waals surface area contributed by atoms with Gasteiger partial charge in [0.15, 0.2) is 0 Å². The summed E-state index contributed by atoms with van der Waals surface area (Å²) in [5.74, 6) is 0.533. The fourth-order valence-electron chi connectivity index (χ4n) is 2.04. The van der Waals surface area contributed by atoms with Gasteiger partial charge in [-0.15, -0.1) is 0 Å². The summed E-state index contributed by atoms with van der Waals surface area (Å²) in [4.78, 5) is 0. The predicted molar refractivity (Wildman–Crippen MR) is 68.5 cm³/mol. The lowest BCUT2D eigenvalue weighted by Gasteiger charge is -2.23. The number of rotatable bonds is 5. The van der Waals surface area contributed by atoms with Crippen LogP contribution in [0.1, 0.15) is 18.4 Å². The molecule has 1 heterocycles. The summed E-state index contributed by atoms with van der Waals surface area (Å²) in [6.07, 6.45) is 2.13. The number of halogens is 1. The first-order chi connectivity index (χ1) is 8.75. The molecule has 2 rings (SSSR count). The number of hydrogen-bond acceptors (Lipinski definition) is 3. The molecule has 1 saturated heterocycles. The average molecular weight is 253 g/mol. The minimum absolute atomic E-state index is 0.192. The van der Waals surface area contributed by atoms with Crippen molar-refractivity contribution in [2.24, 2.45) is 0 Å². The highest BCUT2D eigenvalue weighted by atomic mass is 19.1. The van der Waals surface area contributed by atoms with Crippen molar-refractivity contribution in [3.8, 4) is 5.75 Å². The fraction of sp³-hybridized carbons (Fsp3) is 0.571. The van der Waals surface area contributed by atoms with Crippen LogP contribution in [0.3, 0.4) is 0 Å². The molecular formula is C14H20FNO2. The zero-order valence-electron chi connectivity index (χ0n) is 10.7. The van der Waals surface area contributed by atoms with Crippen LogP contribution in [0.4, 0.5) is 4.39 Å². The van der Waals surface area contributed by atoms with Crippen LogP contribution in [0.15, 0.2) is 18.2 Å². The molecule has 0 amide bonds. The van der Waals surface area contributed by atoms with Gasteiger partial charge in [0.05, 0.1) is 0 Å². The van der Waals surface area contributed by atoms with Gasteiger partial charge in [-0.1, -0.05) is 0 Å². The normalized spacial score (nSPS) is 16.8. The van der Waals surface area contributed by atoms with Crippen LogP contribution in [-0.2, 0) is 4.74 Å². The van der Waals surface area contributed by atoms with Crippen LogP contribution < -0.4 is 10.1 Å².